The average molecular weight is 295 g/mol. The summed E-state index contributed by atoms with van der Waals surface area (Å²) in [4.78, 5) is 0. The van der Waals surface area contributed by atoms with Gasteiger partial charge >= 0.3 is 0 Å². The SMILES string of the molecule is O=S(=O)(NCC1COc2ccccc2O1)c1ccn[nH]1. The largest absolute Gasteiger partial charge is 0.486 e. The minimum absolute atomic E-state index is 0.0228. The lowest BCUT2D eigenvalue weighted by Gasteiger charge is -2.26. The maximum Gasteiger partial charge on any atom is 0.257 e. The highest BCUT2D eigenvalue weighted by molar-refractivity contribution is 7.89. The lowest BCUT2D eigenvalue weighted by atomic mass is 10.2. The molecule has 1 aliphatic rings. The first-order chi connectivity index (χ1) is 9.65. The van der Waals surface area contributed by atoms with Crippen LogP contribution in [0, 0.1) is 0 Å². The molecule has 8 heteroatoms. The molecule has 2 N–H and O–H groups in total. The molecule has 1 unspecified atom stereocenters. The standard InChI is InChI=1S/C12H13N3O4S/c16-20(17,12-5-6-13-15-12)14-7-9-8-18-10-3-1-2-4-11(10)19-9/h1-6,9,14H,7-8H2,(H,13,15). The van der Waals surface area contributed by atoms with Gasteiger partial charge in [0.2, 0.25) is 0 Å². The number of aromatic amines is 1. The molecule has 0 spiro atoms. The lowest BCUT2D eigenvalue weighted by molar-refractivity contribution is 0.0943. The molecular weight excluding hydrogens is 282 g/mol. The van der Waals surface area contributed by atoms with Crippen LogP contribution >= 0.6 is 0 Å². The van der Waals surface area contributed by atoms with Crippen LogP contribution in [0.2, 0.25) is 0 Å². The summed E-state index contributed by atoms with van der Waals surface area (Å²) in [7, 11) is -3.60. The van der Waals surface area contributed by atoms with Crippen LogP contribution in [0.5, 0.6) is 11.5 Å². The number of hydrogen-bond donors (Lipinski definition) is 2. The maximum atomic E-state index is 11.9. The maximum absolute atomic E-state index is 11.9. The Kier molecular flexibility index (Phi) is 3.33. The van der Waals surface area contributed by atoms with Gasteiger partial charge in [-0.15, -0.1) is 0 Å². The van der Waals surface area contributed by atoms with Gasteiger partial charge in [0.1, 0.15) is 12.7 Å². The van der Waals surface area contributed by atoms with Crippen LogP contribution in [0.1, 0.15) is 0 Å². The molecular formula is C12H13N3O4S. The van der Waals surface area contributed by atoms with Gasteiger partial charge in [-0.1, -0.05) is 12.1 Å². The number of rotatable bonds is 4. The number of H-pyrrole nitrogens is 1. The van der Waals surface area contributed by atoms with Crippen LogP contribution in [-0.4, -0.2) is 37.9 Å². The normalized spacial score (nSPS) is 17.9. The van der Waals surface area contributed by atoms with E-state index in [9.17, 15) is 8.42 Å². The average Bonchev–Trinajstić information content (AvgIpc) is 3.00. The van der Waals surface area contributed by atoms with E-state index in [1.807, 2.05) is 12.1 Å². The second-order valence-electron chi connectivity index (χ2n) is 4.27. The second-order valence-corrected chi connectivity index (χ2v) is 6.01. The fraction of sp³-hybridized carbons (Fsp3) is 0.250. The topological polar surface area (TPSA) is 93.3 Å². The van der Waals surface area contributed by atoms with E-state index in [1.165, 1.54) is 12.3 Å². The van der Waals surface area contributed by atoms with E-state index in [1.54, 1.807) is 12.1 Å². The first-order valence-corrected chi connectivity index (χ1v) is 7.51. The Bertz CT molecular complexity index is 684. The van der Waals surface area contributed by atoms with Gasteiger partial charge in [-0.05, 0) is 18.2 Å². The number of nitrogens with zero attached hydrogens (tertiary/aromatic N) is 1. The van der Waals surface area contributed by atoms with Gasteiger partial charge in [0, 0.05) is 0 Å². The van der Waals surface area contributed by atoms with Crippen molar-refractivity contribution in [3.63, 3.8) is 0 Å². The van der Waals surface area contributed by atoms with Crippen LogP contribution in [0.25, 0.3) is 0 Å². The van der Waals surface area contributed by atoms with E-state index in [-0.39, 0.29) is 17.7 Å². The molecule has 0 aliphatic carbocycles. The van der Waals surface area contributed by atoms with Crippen molar-refractivity contribution in [2.24, 2.45) is 0 Å². The number of nitrogens with one attached hydrogen (secondary N) is 2. The zero-order chi connectivity index (χ0) is 14.0. The summed E-state index contributed by atoms with van der Waals surface area (Å²) in [5, 5.41) is 6.04. The minimum atomic E-state index is -3.60. The molecule has 1 aromatic heterocycles. The summed E-state index contributed by atoms with van der Waals surface area (Å²) < 4.78 is 37.4. The zero-order valence-electron chi connectivity index (χ0n) is 10.4. The Morgan fingerprint density at radius 2 is 2.10 bits per heavy atom. The van der Waals surface area contributed by atoms with Gasteiger partial charge in [0.15, 0.2) is 16.5 Å². The zero-order valence-corrected chi connectivity index (χ0v) is 11.3. The Morgan fingerprint density at radius 1 is 1.30 bits per heavy atom. The van der Waals surface area contributed by atoms with Crippen LogP contribution in [0.4, 0.5) is 0 Å². The third kappa shape index (κ3) is 2.61. The van der Waals surface area contributed by atoms with Crippen molar-refractivity contribution in [1.29, 1.82) is 0 Å². The smallest absolute Gasteiger partial charge is 0.257 e. The molecule has 0 amide bonds. The summed E-state index contributed by atoms with van der Waals surface area (Å²) in [5.41, 5.74) is 0. The van der Waals surface area contributed by atoms with E-state index in [4.69, 9.17) is 9.47 Å². The molecule has 0 saturated carbocycles. The van der Waals surface area contributed by atoms with E-state index in [0.717, 1.165) is 0 Å². The molecule has 2 heterocycles. The predicted molar refractivity (Wildman–Crippen MR) is 70.1 cm³/mol. The summed E-state index contributed by atoms with van der Waals surface area (Å²) in [6.45, 7) is 0.415. The number of aromatic nitrogens is 2. The predicted octanol–water partition coefficient (Wildman–Crippen LogP) is 0.528. The highest BCUT2D eigenvalue weighted by atomic mass is 32.2. The number of hydrogen-bond acceptors (Lipinski definition) is 5. The van der Waals surface area contributed by atoms with Gasteiger partial charge < -0.3 is 9.47 Å². The van der Waals surface area contributed by atoms with Crippen molar-refractivity contribution < 1.29 is 17.9 Å². The molecule has 3 rings (SSSR count). The molecule has 106 valence electrons. The third-order valence-electron chi connectivity index (χ3n) is 2.83. The van der Waals surface area contributed by atoms with Crippen LogP contribution in [0.15, 0.2) is 41.6 Å². The van der Waals surface area contributed by atoms with Crippen molar-refractivity contribution in [3.8, 4) is 11.5 Å². The summed E-state index contributed by atoms with van der Waals surface area (Å²) >= 11 is 0. The van der Waals surface area contributed by atoms with Gasteiger partial charge in [-0.2, -0.15) is 5.10 Å². The highest BCUT2D eigenvalue weighted by Gasteiger charge is 2.23. The van der Waals surface area contributed by atoms with Crippen molar-refractivity contribution in [3.05, 3.63) is 36.5 Å². The Hall–Kier alpha value is -2.06. The quantitative estimate of drug-likeness (QED) is 0.858. The molecule has 0 radical (unpaired) electrons. The molecule has 7 nitrogen and oxygen atoms in total. The number of ether oxygens (including phenoxy) is 2. The summed E-state index contributed by atoms with van der Waals surface area (Å²) in [6.07, 6.45) is 1.01. The molecule has 0 saturated heterocycles. The van der Waals surface area contributed by atoms with E-state index in [0.29, 0.717) is 18.1 Å². The Labute approximate surface area is 116 Å². The van der Waals surface area contributed by atoms with Gasteiger partial charge in [-0.3, -0.25) is 5.10 Å². The first kappa shape index (κ1) is 12.9. The monoisotopic (exact) mass is 295 g/mol. The Morgan fingerprint density at radius 3 is 2.85 bits per heavy atom. The molecule has 1 aliphatic heterocycles. The van der Waals surface area contributed by atoms with Crippen molar-refractivity contribution in [2.75, 3.05) is 13.2 Å². The summed E-state index contributed by atoms with van der Waals surface area (Å²) in [5.74, 6) is 1.28. The van der Waals surface area contributed by atoms with Crippen LogP contribution in [0.3, 0.4) is 0 Å². The number of sulfonamides is 1. The summed E-state index contributed by atoms with van der Waals surface area (Å²) in [6, 6.07) is 8.66. The number of benzene rings is 1. The fourth-order valence-corrected chi connectivity index (χ4v) is 2.81. The number of para-hydroxylation sites is 2. The molecule has 2 aromatic rings. The molecule has 1 atom stereocenters. The van der Waals surface area contributed by atoms with E-state index >= 15 is 0 Å². The molecule has 1 aromatic carbocycles. The minimum Gasteiger partial charge on any atom is -0.486 e. The fourth-order valence-electron chi connectivity index (χ4n) is 1.84. The third-order valence-corrected chi connectivity index (χ3v) is 4.19. The van der Waals surface area contributed by atoms with E-state index in [2.05, 4.69) is 14.9 Å². The Balaban J connectivity index is 1.63. The second kappa shape index (κ2) is 5.14. The molecule has 20 heavy (non-hydrogen) atoms. The van der Waals surface area contributed by atoms with Crippen LogP contribution in [-0.2, 0) is 10.0 Å². The van der Waals surface area contributed by atoms with Crippen LogP contribution < -0.4 is 14.2 Å². The molecule has 0 bridgehead atoms. The van der Waals surface area contributed by atoms with Gasteiger partial charge in [0.05, 0.1) is 12.7 Å². The van der Waals surface area contributed by atoms with Crippen molar-refractivity contribution in [2.45, 2.75) is 11.1 Å². The van der Waals surface area contributed by atoms with Crippen molar-refractivity contribution >= 4 is 10.0 Å². The number of fused-ring (bicyclic) bond motifs is 1. The van der Waals surface area contributed by atoms with Gasteiger partial charge in [0.25, 0.3) is 10.0 Å². The molecule has 0 fully saturated rings. The van der Waals surface area contributed by atoms with Crippen molar-refractivity contribution in [1.82, 2.24) is 14.9 Å². The lowest BCUT2D eigenvalue weighted by Crippen LogP contribution is -2.40. The van der Waals surface area contributed by atoms with Gasteiger partial charge in [-0.25, -0.2) is 13.1 Å². The highest BCUT2D eigenvalue weighted by Crippen LogP contribution is 2.30. The van der Waals surface area contributed by atoms with E-state index < -0.39 is 10.0 Å². The first-order valence-electron chi connectivity index (χ1n) is 6.03.